The Labute approximate surface area is 152 Å². The normalized spacial score (nSPS) is 18.0. The molecule has 0 N–H and O–H groups in total. The predicted octanol–water partition coefficient (Wildman–Crippen LogP) is 3.10. The van der Waals surface area contributed by atoms with Gasteiger partial charge in [-0.15, -0.1) is 0 Å². The molecule has 3 nitrogen and oxygen atoms in total. The number of rotatable bonds is 2. The number of nitrogens with zero attached hydrogens (tertiary/aromatic N) is 3. The van der Waals surface area contributed by atoms with Crippen molar-refractivity contribution in [3.63, 3.8) is 0 Å². The molecule has 1 aromatic heterocycles. The van der Waals surface area contributed by atoms with Crippen molar-refractivity contribution in [1.29, 1.82) is 0 Å². The Hall–Kier alpha value is -1.07. The molecule has 1 fully saturated rings. The molecule has 2 radical (unpaired) electrons. The van der Waals surface area contributed by atoms with Crippen LogP contribution in [0.15, 0.2) is 34.7 Å². The molecule has 0 aliphatic carbocycles. The fraction of sp³-hybridized carbons (Fsp3) is 0.333. The number of benzene rings is 1. The number of hydrogen-bond donors (Lipinski definition) is 0. The maximum absolute atomic E-state index is 6.20. The average molecular weight is 431 g/mol. The van der Waals surface area contributed by atoms with E-state index in [1.165, 1.54) is 33.3 Å². The Balaban J connectivity index is 1.75. The molecule has 1 aromatic carbocycles. The second kappa shape index (κ2) is 6.44. The summed E-state index contributed by atoms with van der Waals surface area (Å²) in [4.78, 5) is 11.7. The van der Waals surface area contributed by atoms with Crippen molar-refractivity contribution in [2.75, 3.05) is 18.0 Å². The number of aromatic nitrogens is 2. The summed E-state index contributed by atoms with van der Waals surface area (Å²) in [5.41, 5.74) is 3.76. The molecule has 23 heavy (non-hydrogen) atoms. The van der Waals surface area contributed by atoms with Gasteiger partial charge in [0.2, 0.25) is 0 Å². The molecule has 0 amide bonds. The van der Waals surface area contributed by atoms with E-state index in [1.807, 2.05) is 12.1 Å². The monoisotopic (exact) mass is 431 g/mol. The van der Waals surface area contributed by atoms with Crippen LogP contribution in [-0.4, -0.2) is 44.2 Å². The standard InChI is InChI=1S/C18H18ClN3.Sn/c1-13-6-8-22(9-7-13)18-17(11-20-12-21-18)14(2)15-4-3-5-16(19)10-15;/h2-5,10,12-13H,6-9H2,1H3;. The first-order valence-electron chi connectivity index (χ1n) is 8.05. The van der Waals surface area contributed by atoms with Crippen LogP contribution in [-0.2, 0) is 0 Å². The van der Waals surface area contributed by atoms with Gasteiger partial charge in [0, 0.05) is 0 Å². The molecule has 0 saturated carbocycles. The third-order valence-electron chi connectivity index (χ3n) is 4.67. The van der Waals surface area contributed by atoms with Crippen molar-refractivity contribution in [2.45, 2.75) is 19.8 Å². The molecule has 116 valence electrons. The van der Waals surface area contributed by atoms with Crippen LogP contribution in [0, 0.1) is 5.92 Å². The molecule has 2 aromatic rings. The van der Waals surface area contributed by atoms with Crippen LogP contribution in [0.2, 0.25) is 5.02 Å². The van der Waals surface area contributed by atoms with Crippen molar-refractivity contribution >= 4 is 47.8 Å². The van der Waals surface area contributed by atoms with Gasteiger partial charge in [-0.1, -0.05) is 0 Å². The number of anilines is 1. The molecule has 5 heteroatoms. The molecule has 1 saturated heterocycles. The molecule has 4 rings (SSSR count). The number of halogens is 1. The van der Waals surface area contributed by atoms with E-state index in [0.29, 0.717) is 0 Å². The zero-order valence-electron chi connectivity index (χ0n) is 13.1. The van der Waals surface area contributed by atoms with Crippen molar-refractivity contribution < 1.29 is 0 Å². The minimum absolute atomic E-state index is 0.761. The molecular formula is C18H18ClN3Sn. The second-order valence-electron chi connectivity index (χ2n) is 6.30. The number of hydrogen-bond acceptors (Lipinski definition) is 3. The molecular weight excluding hydrogens is 412 g/mol. The van der Waals surface area contributed by atoms with Gasteiger partial charge < -0.3 is 0 Å². The first-order chi connectivity index (χ1) is 11.2. The van der Waals surface area contributed by atoms with Gasteiger partial charge in [0.1, 0.15) is 0 Å². The van der Waals surface area contributed by atoms with E-state index in [4.69, 9.17) is 11.6 Å². The van der Waals surface area contributed by atoms with Crippen LogP contribution in [0.3, 0.4) is 0 Å². The molecule has 0 atom stereocenters. The van der Waals surface area contributed by atoms with E-state index in [1.54, 1.807) is 6.33 Å². The summed E-state index contributed by atoms with van der Waals surface area (Å²) in [6.07, 6.45) is 4.24. The minimum atomic E-state index is -0.761. The average Bonchev–Trinajstić information content (AvgIpc) is 3.00. The van der Waals surface area contributed by atoms with Crippen molar-refractivity contribution in [1.82, 2.24) is 9.97 Å². The Morgan fingerprint density at radius 2 is 2.04 bits per heavy atom. The Morgan fingerprint density at radius 1 is 1.22 bits per heavy atom. The summed E-state index contributed by atoms with van der Waals surface area (Å²) in [7, 11) is 0. The van der Waals surface area contributed by atoms with E-state index in [2.05, 4.69) is 38.0 Å². The third-order valence-corrected chi connectivity index (χ3v) is 8.00. The fourth-order valence-electron chi connectivity index (χ4n) is 3.29. The first kappa shape index (κ1) is 15.5. The van der Waals surface area contributed by atoms with Gasteiger partial charge in [-0.05, 0) is 0 Å². The summed E-state index contributed by atoms with van der Waals surface area (Å²) >= 11 is 5.44. The van der Waals surface area contributed by atoms with E-state index < -0.39 is 21.1 Å². The van der Waals surface area contributed by atoms with Gasteiger partial charge >= 0.3 is 152 Å². The van der Waals surface area contributed by atoms with Crippen LogP contribution >= 0.6 is 11.6 Å². The van der Waals surface area contributed by atoms with Crippen LogP contribution in [0.4, 0.5) is 5.82 Å². The molecule has 3 heterocycles. The molecule has 0 bridgehead atoms. The van der Waals surface area contributed by atoms with Gasteiger partial charge in [0.15, 0.2) is 0 Å². The van der Waals surface area contributed by atoms with Crippen molar-refractivity contribution in [2.24, 2.45) is 5.92 Å². The summed E-state index contributed by atoms with van der Waals surface area (Å²) in [5.74, 6) is 1.95. The summed E-state index contributed by atoms with van der Waals surface area (Å²) in [5, 5.41) is 0.785. The van der Waals surface area contributed by atoms with Crippen molar-refractivity contribution in [3.05, 3.63) is 50.8 Å². The van der Waals surface area contributed by atoms with Gasteiger partial charge in [-0.2, -0.15) is 0 Å². The summed E-state index contributed by atoms with van der Waals surface area (Å²) in [6, 6.07) is 8.14. The molecule has 0 unspecified atom stereocenters. The second-order valence-corrected chi connectivity index (χ2v) is 9.74. The van der Waals surface area contributed by atoms with Gasteiger partial charge in [0.05, 0.1) is 0 Å². The van der Waals surface area contributed by atoms with E-state index in [9.17, 15) is 0 Å². The molecule has 2 aliphatic rings. The van der Waals surface area contributed by atoms with E-state index in [-0.39, 0.29) is 0 Å². The quantitative estimate of drug-likeness (QED) is 0.686. The summed E-state index contributed by atoms with van der Waals surface area (Å²) < 4.78 is 3.72. The number of piperidine rings is 1. The number of fused-ring (bicyclic) bond motifs is 1. The van der Waals surface area contributed by atoms with Gasteiger partial charge in [0.25, 0.3) is 0 Å². The van der Waals surface area contributed by atoms with Crippen LogP contribution in [0.1, 0.15) is 30.9 Å². The topological polar surface area (TPSA) is 29.0 Å². The van der Waals surface area contributed by atoms with Gasteiger partial charge in [-0.3, -0.25) is 0 Å². The van der Waals surface area contributed by atoms with Crippen LogP contribution in [0.25, 0.3) is 5.57 Å². The summed E-state index contributed by atoms with van der Waals surface area (Å²) in [6.45, 7) is 4.53. The molecule has 2 aliphatic heterocycles. The Morgan fingerprint density at radius 3 is 2.83 bits per heavy atom. The zero-order chi connectivity index (χ0) is 15.8. The van der Waals surface area contributed by atoms with Gasteiger partial charge in [-0.25, -0.2) is 0 Å². The van der Waals surface area contributed by atoms with Crippen molar-refractivity contribution in [3.8, 4) is 0 Å². The van der Waals surface area contributed by atoms with Crippen LogP contribution in [0.5, 0.6) is 0 Å². The fourth-order valence-corrected chi connectivity index (χ4v) is 6.66. The van der Waals surface area contributed by atoms with E-state index >= 15 is 0 Å². The van der Waals surface area contributed by atoms with E-state index in [0.717, 1.165) is 29.8 Å². The molecule has 0 spiro atoms. The zero-order valence-corrected chi connectivity index (χ0v) is 16.7. The predicted molar refractivity (Wildman–Crippen MR) is 96.6 cm³/mol. The third kappa shape index (κ3) is 3.01. The maximum atomic E-state index is 6.20. The Bertz CT molecular complexity index is 767. The van der Waals surface area contributed by atoms with Crippen LogP contribution < -0.4 is 8.61 Å². The Kier molecular flexibility index (Phi) is 4.33. The first-order valence-corrected chi connectivity index (χ1v) is 11.5. The SMILES string of the molecule is CC1CCN(c2ncn[c]3c2C(c2cccc(Cl)c2)=[CH][Sn]3)CC1.